The summed E-state index contributed by atoms with van der Waals surface area (Å²) in [6.45, 7) is 3.58. The molecule has 7 heteroatoms. The number of hydrogen-bond donors (Lipinski definition) is 0. The molecule has 112 valence electrons. The van der Waals surface area contributed by atoms with E-state index in [2.05, 4.69) is 9.97 Å². The van der Waals surface area contributed by atoms with Gasteiger partial charge >= 0.3 is 5.97 Å². The average molecular weight is 310 g/mol. The van der Waals surface area contributed by atoms with E-state index in [1.807, 2.05) is 0 Å². The summed E-state index contributed by atoms with van der Waals surface area (Å²) in [7, 11) is 1.39. The second kappa shape index (κ2) is 6.71. The van der Waals surface area contributed by atoms with Crippen LogP contribution < -0.4 is 4.74 Å². The van der Waals surface area contributed by atoms with Gasteiger partial charge in [-0.1, -0.05) is 11.8 Å². The zero-order valence-electron chi connectivity index (χ0n) is 11.9. The molecule has 0 bridgehead atoms. The van der Waals surface area contributed by atoms with E-state index in [0.29, 0.717) is 15.9 Å². The van der Waals surface area contributed by atoms with E-state index in [-0.39, 0.29) is 23.6 Å². The van der Waals surface area contributed by atoms with E-state index in [0.717, 1.165) is 0 Å². The number of nitrogens with zero attached hydrogens (tertiary/aromatic N) is 2. The molecule has 0 spiro atoms. The van der Waals surface area contributed by atoms with Crippen LogP contribution >= 0.6 is 11.8 Å². The van der Waals surface area contributed by atoms with Crippen LogP contribution in [0.2, 0.25) is 0 Å². The van der Waals surface area contributed by atoms with Crippen LogP contribution in [0.15, 0.2) is 23.5 Å². The molecule has 2 aromatic rings. The molecule has 21 heavy (non-hydrogen) atoms. The number of methoxy groups -OCH3 is 1. The molecule has 0 aliphatic heterocycles. The summed E-state index contributed by atoms with van der Waals surface area (Å²) in [4.78, 5) is 19.7. The highest BCUT2D eigenvalue weighted by atomic mass is 32.2. The summed E-state index contributed by atoms with van der Waals surface area (Å²) in [6, 6.07) is 2.81. The van der Waals surface area contributed by atoms with Gasteiger partial charge in [0.25, 0.3) is 0 Å². The number of thioether (sulfide) groups is 1. The van der Waals surface area contributed by atoms with Gasteiger partial charge < -0.3 is 9.47 Å². The number of carbonyl (C=O) groups is 1. The van der Waals surface area contributed by atoms with Crippen LogP contribution in [0.25, 0.3) is 10.9 Å². The van der Waals surface area contributed by atoms with Gasteiger partial charge in [0.2, 0.25) is 0 Å². The Kier molecular flexibility index (Phi) is 4.95. The molecule has 0 saturated heterocycles. The topological polar surface area (TPSA) is 61.3 Å². The van der Waals surface area contributed by atoms with Gasteiger partial charge in [0.15, 0.2) is 11.6 Å². The first-order valence-corrected chi connectivity index (χ1v) is 7.30. The first-order chi connectivity index (χ1) is 10.0. The molecule has 2 rings (SSSR count). The van der Waals surface area contributed by atoms with Crippen LogP contribution in [0.5, 0.6) is 5.75 Å². The van der Waals surface area contributed by atoms with Crippen molar-refractivity contribution in [3.63, 3.8) is 0 Å². The zero-order chi connectivity index (χ0) is 15.4. The molecule has 0 atom stereocenters. The number of esters is 1. The number of benzene rings is 1. The lowest BCUT2D eigenvalue weighted by Crippen LogP contribution is -2.13. The summed E-state index contributed by atoms with van der Waals surface area (Å²) in [5, 5.41) is 1.22. The van der Waals surface area contributed by atoms with Crippen molar-refractivity contribution in [2.24, 2.45) is 0 Å². The molecule has 0 amide bonds. The molecule has 0 N–H and O–H groups in total. The minimum absolute atomic E-state index is 0.115. The predicted molar refractivity (Wildman–Crippen MR) is 78.0 cm³/mol. The minimum Gasteiger partial charge on any atom is -0.494 e. The molecule has 0 saturated carbocycles. The van der Waals surface area contributed by atoms with Gasteiger partial charge in [-0.15, -0.1) is 0 Å². The fraction of sp³-hybridized carbons (Fsp3) is 0.357. The molecule has 1 heterocycles. The Bertz CT molecular complexity index is 664. The quantitative estimate of drug-likeness (QED) is 0.481. The fourth-order valence-electron chi connectivity index (χ4n) is 1.73. The van der Waals surface area contributed by atoms with Crippen molar-refractivity contribution in [1.82, 2.24) is 9.97 Å². The van der Waals surface area contributed by atoms with Crippen molar-refractivity contribution in [2.75, 3.05) is 12.9 Å². The van der Waals surface area contributed by atoms with Gasteiger partial charge in [0.05, 0.1) is 24.5 Å². The molecule has 5 nitrogen and oxygen atoms in total. The third-order valence-corrected chi connectivity index (χ3v) is 3.55. The number of aromatic nitrogens is 2. The maximum absolute atomic E-state index is 13.6. The summed E-state index contributed by atoms with van der Waals surface area (Å²) >= 11 is 1.22. The summed E-state index contributed by atoms with van der Waals surface area (Å²) in [5.74, 6) is -0.567. The highest BCUT2D eigenvalue weighted by molar-refractivity contribution is 8.00. The van der Waals surface area contributed by atoms with Gasteiger partial charge in [-0.3, -0.25) is 4.79 Å². The van der Waals surface area contributed by atoms with Crippen molar-refractivity contribution in [3.05, 3.63) is 24.3 Å². The summed E-state index contributed by atoms with van der Waals surface area (Å²) < 4.78 is 23.7. The number of ether oxygens (including phenoxy) is 2. The van der Waals surface area contributed by atoms with Gasteiger partial charge in [-0.05, 0) is 19.9 Å². The Labute approximate surface area is 125 Å². The second-order valence-electron chi connectivity index (χ2n) is 4.51. The Morgan fingerprint density at radius 3 is 2.81 bits per heavy atom. The van der Waals surface area contributed by atoms with E-state index < -0.39 is 5.82 Å². The Balaban J connectivity index is 2.25. The maximum Gasteiger partial charge on any atom is 0.316 e. The molecule has 0 radical (unpaired) electrons. The average Bonchev–Trinajstić information content (AvgIpc) is 2.43. The molecule has 0 unspecified atom stereocenters. The summed E-state index contributed by atoms with van der Waals surface area (Å²) in [6.07, 6.45) is 1.18. The predicted octanol–water partition coefficient (Wildman–Crippen LogP) is 2.82. The van der Waals surface area contributed by atoms with Gasteiger partial charge in [-0.2, -0.15) is 0 Å². The third-order valence-electron chi connectivity index (χ3n) is 2.57. The largest absolute Gasteiger partial charge is 0.494 e. The lowest BCUT2D eigenvalue weighted by Gasteiger charge is -2.09. The lowest BCUT2D eigenvalue weighted by molar-refractivity contribution is -0.144. The van der Waals surface area contributed by atoms with Gasteiger partial charge in [-0.25, -0.2) is 14.4 Å². The standard InChI is InChI=1S/C14H15FN2O3S/c1-8(2)20-13(18)6-21-14-9-4-12(19-3)10(15)5-11(9)16-7-17-14/h4-5,7-8H,6H2,1-3H3. The number of hydrogen-bond acceptors (Lipinski definition) is 6. The van der Waals surface area contributed by atoms with Gasteiger partial charge in [0, 0.05) is 11.5 Å². The zero-order valence-corrected chi connectivity index (χ0v) is 12.7. The number of carbonyl (C=O) groups excluding carboxylic acids is 1. The van der Waals surface area contributed by atoms with Crippen LogP contribution in [0, 0.1) is 5.82 Å². The lowest BCUT2D eigenvalue weighted by atomic mass is 10.2. The molecule has 0 fully saturated rings. The maximum atomic E-state index is 13.6. The molecular weight excluding hydrogens is 295 g/mol. The van der Waals surface area contributed by atoms with Gasteiger partial charge in [0.1, 0.15) is 11.4 Å². The van der Waals surface area contributed by atoms with Crippen LogP contribution in [0.4, 0.5) is 4.39 Å². The molecular formula is C14H15FN2O3S. The SMILES string of the molecule is COc1cc2c(SCC(=O)OC(C)C)ncnc2cc1F. The van der Waals surface area contributed by atoms with E-state index in [4.69, 9.17) is 9.47 Å². The molecule has 1 aromatic heterocycles. The van der Waals surface area contributed by atoms with Crippen LogP contribution in [0.3, 0.4) is 0 Å². The summed E-state index contributed by atoms with van der Waals surface area (Å²) in [5.41, 5.74) is 0.461. The van der Waals surface area contributed by atoms with E-state index >= 15 is 0 Å². The van der Waals surface area contributed by atoms with Crippen molar-refractivity contribution in [1.29, 1.82) is 0 Å². The second-order valence-corrected chi connectivity index (χ2v) is 5.47. The molecule has 1 aromatic carbocycles. The van der Waals surface area contributed by atoms with E-state index in [1.165, 1.54) is 37.3 Å². The number of fused-ring (bicyclic) bond motifs is 1. The third kappa shape index (κ3) is 3.81. The number of rotatable bonds is 5. The Morgan fingerprint density at radius 1 is 1.38 bits per heavy atom. The molecule has 0 aliphatic rings. The first kappa shape index (κ1) is 15.5. The highest BCUT2D eigenvalue weighted by Gasteiger charge is 2.13. The monoisotopic (exact) mass is 310 g/mol. The number of halogens is 1. The van der Waals surface area contributed by atoms with Crippen LogP contribution in [0.1, 0.15) is 13.8 Å². The van der Waals surface area contributed by atoms with Crippen molar-refractivity contribution >= 4 is 28.6 Å². The van der Waals surface area contributed by atoms with E-state index in [1.54, 1.807) is 13.8 Å². The van der Waals surface area contributed by atoms with Crippen molar-refractivity contribution in [3.8, 4) is 5.75 Å². The fourth-order valence-corrected chi connectivity index (χ4v) is 2.49. The van der Waals surface area contributed by atoms with Crippen LogP contribution in [-0.4, -0.2) is 34.9 Å². The van der Waals surface area contributed by atoms with Crippen LogP contribution in [-0.2, 0) is 9.53 Å². The van der Waals surface area contributed by atoms with Crippen molar-refractivity contribution < 1.29 is 18.7 Å². The van der Waals surface area contributed by atoms with Crippen molar-refractivity contribution in [2.45, 2.75) is 25.0 Å². The minimum atomic E-state index is -0.487. The highest BCUT2D eigenvalue weighted by Crippen LogP contribution is 2.29. The first-order valence-electron chi connectivity index (χ1n) is 6.31. The normalized spacial score (nSPS) is 10.9. The molecule has 0 aliphatic carbocycles. The Morgan fingerprint density at radius 2 is 2.14 bits per heavy atom. The smallest absolute Gasteiger partial charge is 0.316 e. The van der Waals surface area contributed by atoms with E-state index in [9.17, 15) is 9.18 Å². The Hall–Kier alpha value is -1.89.